The fourth-order valence-electron chi connectivity index (χ4n) is 1.30. The van der Waals surface area contributed by atoms with E-state index in [1.165, 1.54) is 10.0 Å². The average molecular weight is 276 g/mol. The van der Waals surface area contributed by atoms with Crippen molar-refractivity contribution in [3.05, 3.63) is 55.6 Å². The van der Waals surface area contributed by atoms with Crippen molar-refractivity contribution in [1.82, 2.24) is 3.96 Å². The van der Waals surface area contributed by atoms with Crippen molar-refractivity contribution in [3.8, 4) is 0 Å². The van der Waals surface area contributed by atoms with E-state index in [1.54, 1.807) is 24.3 Å². The van der Waals surface area contributed by atoms with E-state index in [4.69, 9.17) is 23.2 Å². The Balaban J connectivity index is 2.34. The second-order valence-corrected chi connectivity index (χ2v) is 5.65. The molecule has 3 nitrogen and oxygen atoms in total. The Morgan fingerprint density at radius 2 is 1.88 bits per heavy atom. The van der Waals surface area contributed by atoms with Crippen LogP contribution in [-0.4, -0.2) is 8.51 Å². The number of hydrogen-bond acceptors (Lipinski definition) is 2. The number of halogens is 2. The lowest BCUT2D eigenvalue weighted by Gasteiger charge is -2.01. The molecule has 16 heavy (non-hydrogen) atoms. The van der Waals surface area contributed by atoms with Gasteiger partial charge in [-0.2, -0.15) is 0 Å². The monoisotopic (exact) mass is 275 g/mol. The summed E-state index contributed by atoms with van der Waals surface area (Å²) in [6, 6.07) is 8.16. The predicted molar refractivity (Wildman–Crippen MR) is 64.9 cm³/mol. The van der Waals surface area contributed by atoms with Gasteiger partial charge in [0.05, 0.1) is 23.6 Å². The maximum absolute atomic E-state index is 11.6. The summed E-state index contributed by atoms with van der Waals surface area (Å²) in [5.41, 5.74) is 0.518. The number of hydrogen-bond donors (Lipinski definition) is 0. The number of nitrogens with zero attached hydrogens (tertiary/aromatic N) is 1. The van der Waals surface area contributed by atoms with E-state index in [0.717, 1.165) is 5.56 Å². The third-order valence-corrected chi connectivity index (χ3v) is 4.01. The van der Waals surface area contributed by atoms with Crippen LogP contribution < -0.4 is 5.56 Å². The zero-order valence-electron chi connectivity index (χ0n) is 8.02. The van der Waals surface area contributed by atoms with E-state index in [1.807, 2.05) is 0 Å². The van der Waals surface area contributed by atoms with E-state index in [9.17, 15) is 9.35 Å². The minimum absolute atomic E-state index is 0.0685. The molecule has 0 aliphatic heterocycles. The maximum atomic E-state index is 11.6. The van der Waals surface area contributed by atoms with Crippen LogP contribution in [0.5, 0.6) is 0 Å². The summed E-state index contributed by atoms with van der Waals surface area (Å²) in [4.78, 5) is 11.4. The summed E-state index contributed by atoms with van der Waals surface area (Å²) in [6.07, 6.45) is 0. The SMILES string of the molecule is O=c1cc(Cl)[s+]([O-])n1Cc1ccc(Cl)cc1. The zero-order valence-corrected chi connectivity index (χ0v) is 10.4. The van der Waals surface area contributed by atoms with Crippen LogP contribution >= 0.6 is 34.1 Å². The third kappa shape index (κ3) is 2.30. The van der Waals surface area contributed by atoms with Crippen molar-refractivity contribution in [2.24, 2.45) is 0 Å². The van der Waals surface area contributed by atoms with Crippen LogP contribution in [0.25, 0.3) is 0 Å². The molecule has 84 valence electrons. The van der Waals surface area contributed by atoms with Gasteiger partial charge in [0.25, 0.3) is 9.90 Å². The molecule has 0 spiro atoms. The Bertz CT molecular complexity index is 559. The Hall–Kier alpha value is -0.810. The molecule has 0 fully saturated rings. The topological polar surface area (TPSA) is 45.1 Å². The smallest absolute Gasteiger partial charge is 0.298 e. The molecule has 1 atom stereocenters. The van der Waals surface area contributed by atoms with Crippen molar-refractivity contribution >= 4 is 34.1 Å². The Kier molecular flexibility index (Phi) is 3.35. The van der Waals surface area contributed by atoms with E-state index in [0.29, 0.717) is 5.02 Å². The molecule has 1 aromatic heterocycles. The third-order valence-electron chi connectivity index (χ3n) is 2.09. The average Bonchev–Trinajstić information content (AvgIpc) is 2.48. The van der Waals surface area contributed by atoms with Gasteiger partial charge in [-0.3, -0.25) is 4.79 Å². The van der Waals surface area contributed by atoms with Gasteiger partial charge in [-0.15, -0.1) is 3.96 Å². The minimum Gasteiger partial charge on any atom is -0.569 e. The first-order valence-corrected chi connectivity index (χ1v) is 6.29. The van der Waals surface area contributed by atoms with Crippen molar-refractivity contribution in [3.63, 3.8) is 0 Å². The molecule has 0 saturated carbocycles. The van der Waals surface area contributed by atoms with Crippen molar-refractivity contribution in [2.75, 3.05) is 0 Å². The van der Waals surface area contributed by atoms with Gasteiger partial charge in [-0.1, -0.05) is 23.7 Å². The minimum atomic E-state index is -1.56. The molecule has 0 amide bonds. The molecule has 2 rings (SSSR count). The van der Waals surface area contributed by atoms with Gasteiger partial charge in [0, 0.05) is 5.02 Å². The highest BCUT2D eigenvalue weighted by Gasteiger charge is 2.14. The highest BCUT2D eigenvalue weighted by molar-refractivity contribution is 7.24. The number of benzene rings is 1. The summed E-state index contributed by atoms with van der Waals surface area (Å²) < 4.78 is 12.8. The fraction of sp³-hybridized carbons (Fsp3) is 0.100. The van der Waals surface area contributed by atoms with E-state index in [-0.39, 0.29) is 16.4 Å². The molecule has 0 aliphatic carbocycles. The van der Waals surface area contributed by atoms with Crippen molar-refractivity contribution in [1.29, 1.82) is 0 Å². The van der Waals surface area contributed by atoms with Gasteiger partial charge in [-0.25, -0.2) is 0 Å². The van der Waals surface area contributed by atoms with Crippen LogP contribution in [0.1, 0.15) is 5.56 Å². The molecule has 0 N–H and O–H groups in total. The van der Waals surface area contributed by atoms with E-state index >= 15 is 0 Å². The summed E-state index contributed by atoms with van der Waals surface area (Å²) >= 11 is 11.4. The van der Waals surface area contributed by atoms with Crippen LogP contribution in [0.2, 0.25) is 9.36 Å². The molecule has 0 bridgehead atoms. The van der Waals surface area contributed by atoms with Crippen LogP contribution in [0.4, 0.5) is 0 Å². The predicted octanol–water partition coefficient (Wildman–Crippen LogP) is 2.93. The van der Waals surface area contributed by atoms with Gasteiger partial charge < -0.3 is 4.55 Å². The maximum Gasteiger partial charge on any atom is 0.298 e. The van der Waals surface area contributed by atoms with Gasteiger partial charge in [0.2, 0.25) is 0 Å². The second-order valence-electron chi connectivity index (χ2n) is 3.20. The summed E-state index contributed by atoms with van der Waals surface area (Å²) in [5, 5.41) is 0.619. The van der Waals surface area contributed by atoms with Crippen molar-refractivity contribution in [2.45, 2.75) is 6.54 Å². The normalized spacial score (nSPS) is 11.8. The van der Waals surface area contributed by atoms with Crippen molar-refractivity contribution < 1.29 is 4.55 Å². The van der Waals surface area contributed by atoms with Crippen LogP contribution in [0.15, 0.2) is 35.1 Å². The first-order valence-electron chi connectivity index (χ1n) is 4.43. The van der Waals surface area contributed by atoms with Gasteiger partial charge in [-0.05, 0) is 29.3 Å². The summed E-state index contributed by atoms with van der Waals surface area (Å²) in [5.74, 6) is 0. The van der Waals surface area contributed by atoms with Crippen LogP contribution in [-0.2, 0) is 6.54 Å². The lowest BCUT2D eigenvalue weighted by atomic mass is 10.2. The Morgan fingerprint density at radius 3 is 2.38 bits per heavy atom. The standard InChI is InChI=1S/C10H7Cl2NO2S/c11-8-3-1-7(2-4-8)6-13-10(14)5-9(12)16(13)15/h1-5H,6H2. The molecule has 6 heteroatoms. The molecule has 1 aromatic carbocycles. The van der Waals surface area contributed by atoms with E-state index in [2.05, 4.69) is 0 Å². The molecular formula is C10H7Cl2NO2S. The molecular weight excluding hydrogens is 269 g/mol. The van der Waals surface area contributed by atoms with Gasteiger partial charge in [0.1, 0.15) is 0 Å². The Morgan fingerprint density at radius 1 is 1.25 bits per heavy atom. The number of rotatable bonds is 2. The summed E-state index contributed by atoms with van der Waals surface area (Å²) in [7, 11) is -1.56. The van der Waals surface area contributed by atoms with Gasteiger partial charge in [0.15, 0.2) is 0 Å². The molecule has 0 aliphatic rings. The summed E-state index contributed by atoms with van der Waals surface area (Å²) in [6.45, 7) is 0.259. The molecule has 0 radical (unpaired) electrons. The van der Waals surface area contributed by atoms with Crippen LogP contribution in [0.3, 0.4) is 0 Å². The van der Waals surface area contributed by atoms with Crippen LogP contribution in [0, 0.1) is 0 Å². The lowest BCUT2D eigenvalue weighted by molar-refractivity contribution is 0.573. The first-order chi connectivity index (χ1) is 7.58. The largest absolute Gasteiger partial charge is 0.569 e. The quantitative estimate of drug-likeness (QED) is 0.791. The fourth-order valence-corrected chi connectivity index (χ4v) is 2.66. The highest BCUT2D eigenvalue weighted by atomic mass is 35.5. The second kappa shape index (κ2) is 4.59. The zero-order chi connectivity index (χ0) is 11.7. The number of aromatic nitrogens is 1. The molecule has 1 unspecified atom stereocenters. The highest BCUT2D eigenvalue weighted by Crippen LogP contribution is 2.23. The molecule has 1 heterocycles. The van der Waals surface area contributed by atoms with Gasteiger partial charge >= 0.3 is 0 Å². The first kappa shape index (κ1) is 11.7. The molecule has 0 saturated heterocycles. The van der Waals surface area contributed by atoms with E-state index < -0.39 is 10.9 Å². The Labute approximate surface area is 105 Å². The lowest BCUT2D eigenvalue weighted by Crippen LogP contribution is -2.14. The molecule has 2 aromatic rings.